The first-order valence-electron chi connectivity index (χ1n) is 11.3. The zero-order chi connectivity index (χ0) is 20.2. The number of para-hydroxylation sites is 2. The number of aromatic nitrogens is 2. The van der Waals surface area contributed by atoms with Gasteiger partial charge in [-0.3, -0.25) is 14.6 Å². The summed E-state index contributed by atoms with van der Waals surface area (Å²) in [6.45, 7) is 10.1. The molecule has 0 bridgehead atoms. The van der Waals surface area contributed by atoms with E-state index in [1.165, 1.54) is 24.9 Å². The second-order valence-electron chi connectivity index (χ2n) is 8.65. The average molecular weight is 398 g/mol. The van der Waals surface area contributed by atoms with E-state index in [4.69, 9.17) is 4.98 Å². The zero-order valence-electron chi connectivity index (χ0n) is 18.0. The molecule has 0 atom stereocenters. The molecule has 0 saturated carbocycles. The van der Waals surface area contributed by atoms with Crippen LogP contribution in [0.3, 0.4) is 0 Å². The van der Waals surface area contributed by atoms with Crippen LogP contribution in [0.25, 0.3) is 11.0 Å². The molecule has 29 heavy (non-hydrogen) atoms. The number of aryl methyl sites for hydroxylation is 1. The standard InChI is InChI=1S/C23H35N5O/c1-3-4-11-26-14-16-28(17-15-26)23(29)19-9-12-27(13-10-19)18-22-24-20-7-5-6-8-21(20)25(22)2/h5-8,19H,3-4,9-18H2,1-2H3. The minimum absolute atomic E-state index is 0.203. The average Bonchev–Trinajstić information content (AvgIpc) is 3.08. The number of hydrogen-bond donors (Lipinski definition) is 0. The number of unbranched alkanes of at least 4 members (excludes halogenated alkanes) is 1. The number of piperazine rings is 1. The van der Waals surface area contributed by atoms with Gasteiger partial charge in [0.15, 0.2) is 0 Å². The quantitative estimate of drug-likeness (QED) is 0.752. The van der Waals surface area contributed by atoms with Crippen molar-refractivity contribution in [2.45, 2.75) is 39.2 Å². The van der Waals surface area contributed by atoms with Gasteiger partial charge in [-0.1, -0.05) is 25.5 Å². The van der Waals surface area contributed by atoms with Crippen LogP contribution in [0.5, 0.6) is 0 Å². The first-order valence-corrected chi connectivity index (χ1v) is 11.3. The summed E-state index contributed by atoms with van der Waals surface area (Å²) < 4.78 is 2.20. The first kappa shape index (κ1) is 20.4. The van der Waals surface area contributed by atoms with Crippen LogP contribution in [0.4, 0.5) is 0 Å². The van der Waals surface area contributed by atoms with E-state index in [1.807, 2.05) is 6.07 Å². The van der Waals surface area contributed by atoms with Gasteiger partial charge in [-0.15, -0.1) is 0 Å². The molecule has 2 aliphatic heterocycles. The number of nitrogens with zero attached hydrogens (tertiary/aromatic N) is 5. The lowest BCUT2D eigenvalue weighted by atomic mass is 9.95. The Labute approximate surface area is 174 Å². The molecule has 6 heteroatoms. The number of likely N-dealkylation sites (tertiary alicyclic amines) is 1. The van der Waals surface area contributed by atoms with Crippen molar-refractivity contribution in [1.82, 2.24) is 24.3 Å². The number of hydrogen-bond acceptors (Lipinski definition) is 4. The Bertz CT molecular complexity index is 816. The highest BCUT2D eigenvalue weighted by atomic mass is 16.2. The fraction of sp³-hybridized carbons (Fsp3) is 0.652. The Kier molecular flexibility index (Phi) is 6.50. The van der Waals surface area contributed by atoms with Crippen LogP contribution in [0, 0.1) is 5.92 Å². The van der Waals surface area contributed by atoms with Gasteiger partial charge in [-0.25, -0.2) is 4.98 Å². The maximum Gasteiger partial charge on any atom is 0.225 e. The van der Waals surface area contributed by atoms with Crippen molar-refractivity contribution >= 4 is 16.9 Å². The fourth-order valence-electron chi connectivity index (χ4n) is 4.71. The Balaban J connectivity index is 1.26. The fourth-order valence-corrected chi connectivity index (χ4v) is 4.71. The molecule has 6 nitrogen and oxygen atoms in total. The number of fused-ring (bicyclic) bond motifs is 1. The van der Waals surface area contributed by atoms with Crippen molar-refractivity contribution in [2.75, 3.05) is 45.8 Å². The summed E-state index contributed by atoms with van der Waals surface area (Å²) in [7, 11) is 2.10. The molecule has 2 fully saturated rings. The third-order valence-electron chi connectivity index (χ3n) is 6.69. The van der Waals surface area contributed by atoms with Crippen molar-refractivity contribution in [3.8, 4) is 0 Å². The molecular weight excluding hydrogens is 362 g/mol. The Morgan fingerprint density at radius 2 is 1.76 bits per heavy atom. The molecule has 1 aromatic carbocycles. The van der Waals surface area contributed by atoms with E-state index in [9.17, 15) is 4.79 Å². The van der Waals surface area contributed by atoms with Gasteiger partial charge in [-0.05, 0) is 51.0 Å². The minimum atomic E-state index is 0.203. The van der Waals surface area contributed by atoms with E-state index in [2.05, 4.69) is 51.4 Å². The molecule has 3 heterocycles. The second kappa shape index (κ2) is 9.26. The lowest BCUT2D eigenvalue weighted by Crippen LogP contribution is -2.51. The number of amides is 1. The lowest BCUT2D eigenvalue weighted by Gasteiger charge is -2.38. The van der Waals surface area contributed by atoms with Crippen LogP contribution in [0.15, 0.2) is 24.3 Å². The van der Waals surface area contributed by atoms with Crippen molar-refractivity contribution < 1.29 is 4.79 Å². The highest BCUT2D eigenvalue weighted by Crippen LogP contribution is 2.23. The van der Waals surface area contributed by atoms with Crippen molar-refractivity contribution in [2.24, 2.45) is 13.0 Å². The summed E-state index contributed by atoms with van der Waals surface area (Å²) in [5.41, 5.74) is 2.25. The van der Waals surface area contributed by atoms with E-state index < -0.39 is 0 Å². The van der Waals surface area contributed by atoms with Gasteiger partial charge < -0.3 is 9.47 Å². The normalized spacial score (nSPS) is 19.9. The second-order valence-corrected chi connectivity index (χ2v) is 8.65. The van der Waals surface area contributed by atoms with Crippen LogP contribution in [-0.4, -0.2) is 76.0 Å². The highest BCUT2D eigenvalue weighted by molar-refractivity contribution is 5.79. The molecule has 0 N–H and O–H groups in total. The maximum atomic E-state index is 13.0. The van der Waals surface area contributed by atoms with Gasteiger partial charge in [0.25, 0.3) is 0 Å². The molecular formula is C23H35N5O. The van der Waals surface area contributed by atoms with Crippen LogP contribution in [0.1, 0.15) is 38.4 Å². The molecule has 1 amide bonds. The molecule has 1 aromatic heterocycles. The van der Waals surface area contributed by atoms with Crippen molar-refractivity contribution in [1.29, 1.82) is 0 Å². The maximum absolute atomic E-state index is 13.0. The van der Waals surface area contributed by atoms with E-state index in [0.29, 0.717) is 5.91 Å². The monoisotopic (exact) mass is 397 g/mol. The molecule has 2 saturated heterocycles. The van der Waals surface area contributed by atoms with Crippen molar-refractivity contribution in [3.63, 3.8) is 0 Å². The molecule has 2 aliphatic rings. The Morgan fingerprint density at radius 3 is 2.45 bits per heavy atom. The molecule has 0 unspecified atom stereocenters. The molecule has 0 radical (unpaired) electrons. The van der Waals surface area contributed by atoms with Gasteiger partial charge in [0, 0.05) is 39.1 Å². The number of piperidine rings is 1. The number of benzene rings is 1. The number of carbonyl (C=O) groups is 1. The number of carbonyl (C=O) groups excluding carboxylic acids is 1. The Morgan fingerprint density at radius 1 is 1.03 bits per heavy atom. The van der Waals surface area contributed by atoms with Gasteiger partial charge in [-0.2, -0.15) is 0 Å². The molecule has 0 aliphatic carbocycles. The summed E-state index contributed by atoms with van der Waals surface area (Å²) in [4.78, 5) is 24.9. The Hall–Kier alpha value is -1.92. The number of imidazole rings is 1. The summed E-state index contributed by atoms with van der Waals surface area (Å²) in [6, 6.07) is 8.30. The minimum Gasteiger partial charge on any atom is -0.340 e. The van der Waals surface area contributed by atoms with E-state index >= 15 is 0 Å². The summed E-state index contributed by atoms with van der Waals surface area (Å²) in [6.07, 6.45) is 4.45. The lowest BCUT2D eigenvalue weighted by molar-refractivity contribution is -0.138. The van der Waals surface area contributed by atoms with Gasteiger partial charge in [0.2, 0.25) is 5.91 Å². The number of rotatable bonds is 6. The highest BCUT2D eigenvalue weighted by Gasteiger charge is 2.30. The van der Waals surface area contributed by atoms with Crippen molar-refractivity contribution in [3.05, 3.63) is 30.1 Å². The summed E-state index contributed by atoms with van der Waals surface area (Å²) >= 11 is 0. The molecule has 2 aromatic rings. The summed E-state index contributed by atoms with van der Waals surface area (Å²) in [5.74, 6) is 1.70. The first-order chi connectivity index (χ1) is 14.2. The van der Waals surface area contributed by atoms with E-state index in [-0.39, 0.29) is 5.92 Å². The van der Waals surface area contributed by atoms with Gasteiger partial charge >= 0.3 is 0 Å². The third-order valence-corrected chi connectivity index (χ3v) is 6.69. The predicted octanol–water partition coefficient (Wildman–Crippen LogP) is 2.73. The van der Waals surface area contributed by atoms with Gasteiger partial charge in [0.05, 0.1) is 17.6 Å². The summed E-state index contributed by atoms with van der Waals surface area (Å²) in [5, 5.41) is 0. The topological polar surface area (TPSA) is 44.6 Å². The van der Waals surface area contributed by atoms with E-state index in [0.717, 1.165) is 70.0 Å². The molecule has 0 spiro atoms. The third kappa shape index (κ3) is 4.64. The molecule has 4 rings (SSSR count). The van der Waals surface area contributed by atoms with E-state index in [1.54, 1.807) is 0 Å². The molecule has 158 valence electrons. The SMILES string of the molecule is CCCCN1CCN(C(=O)C2CCN(Cc3nc4ccccc4n3C)CC2)CC1. The van der Waals surface area contributed by atoms with Gasteiger partial charge in [0.1, 0.15) is 5.82 Å². The predicted molar refractivity (Wildman–Crippen MR) is 117 cm³/mol. The van der Waals surface area contributed by atoms with Crippen LogP contribution >= 0.6 is 0 Å². The van der Waals surface area contributed by atoms with Crippen LogP contribution < -0.4 is 0 Å². The largest absolute Gasteiger partial charge is 0.340 e. The van der Waals surface area contributed by atoms with Crippen LogP contribution in [0.2, 0.25) is 0 Å². The zero-order valence-corrected chi connectivity index (χ0v) is 18.0. The van der Waals surface area contributed by atoms with Crippen LogP contribution in [-0.2, 0) is 18.4 Å². The smallest absolute Gasteiger partial charge is 0.225 e.